The number of carbonyl (C=O) groups is 2. The number of rotatable bonds is 11. The smallest absolute Gasteiger partial charge is 0.160 e. The topological polar surface area (TPSA) is 145 Å². The predicted octanol–water partition coefficient (Wildman–Crippen LogP) is 8.76. The lowest BCUT2D eigenvalue weighted by molar-refractivity contribution is -0.219. The lowest BCUT2D eigenvalue weighted by atomic mass is 9.35. The number of hydrogen-bond acceptors (Lipinski definition) is 8. The standard InChI is InChI=1S/C50H70N2O6/c1-9-12-30(23-38(54)45-50(7,58-45)36-16-11-15-34(36)29-13-10-14-32(51)21-29)42-37-17-18-41-47(4)24-35(31-19-28(27-52-8)20-33(53)22-31)44(57)46(2,3)43(47)40(56)26-49(41,6)48(37,5)25-39(42)55/h10,13-14,19-22,30,34-36,38,40-41,43,45,52-54,56H,9,11-12,15-18,23-27,51H2,1-8H3/t30-,34-,35+,36-,38-,40-,41+,43+,45+,47-,48+,49+,50-/m1/s1. The Morgan fingerprint density at radius 2 is 1.74 bits per heavy atom. The SMILES string of the molecule is CCC[C@H](C[C@@H](O)[C@@H]1O[C@]1(C)[C@@H]1CCC[C@@H]1c1cccc(N)c1)C1=C2CC[C@H]3[C@@]4(C)C[C@@H](c5cc(O)cc(CNC)c5)C(=O)C(C)(C)[C@@H]4[C@H](O)C[C@]3(C)[C@@]2(C)CC1=O. The largest absolute Gasteiger partial charge is 0.508 e. The highest BCUT2D eigenvalue weighted by molar-refractivity contribution is 6.00. The van der Waals surface area contributed by atoms with Crippen LogP contribution in [0.2, 0.25) is 0 Å². The first kappa shape index (κ1) is 41.7. The number of fused-ring (bicyclic) bond motifs is 5. The number of ether oxygens (including phenoxy) is 1. The summed E-state index contributed by atoms with van der Waals surface area (Å²) in [5.41, 5.74) is 9.79. The fourth-order valence-electron chi connectivity index (χ4n) is 15.2. The minimum atomic E-state index is -0.782. The summed E-state index contributed by atoms with van der Waals surface area (Å²) in [4.78, 5) is 29.2. The highest BCUT2D eigenvalue weighted by Crippen LogP contribution is 2.75. The van der Waals surface area contributed by atoms with E-state index in [0.717, 1.165) is 67.3 Å². The molecule has 316 valence electrons. The summed E-state index contributed by atoms with van der Waals surface area (Å²) in [5.74, 6) is 0.633. The van der Waals surface area contributed by atoms with E-state index in [1.165, 1.54) is 11.1 Å². The number of Topliss-reactive ketones (excluding diaryl/α,β-unsaturated/α-hetero) is 2. The van der Waals surface area contributed by atoms with Crippen molar-refractivity contribution in [2.45, 2.75) is 161 Å². The van der Waals surface area contributed by atoms with Crippen molar-refractivity contribution >= 4 is 17.3 Å². The molecule has 0 aromatic heterocycles. The number of aromatic hydroxyl groups is 1. The van der Waals surface area contributed by atoms with Crippen LogP contribution in [0, 0.1) is 45.3 Å². The van der Waals surface area contributed by atoms with Crippen LogP contribution < -0.4 is 11.1 Å². The Bertz CT molecular complexity index is 1990. The highest BCUT2D eigenvalue weighted by atomic mass is 16.6. The Balaban J connectivity index is 1.08. The van der Waals surface area contributed by atoms with Crippen LogP contribution in [0.1, 0.15) is 148 Å². The molecule has 5 fully saturated rings. The monoisotopic (exact) mass is 795 g/mol. The normalized spacial score (nSPS) is 40.2. The third-order valence-electron chi connectivity index (χ3n) is 17.6. The van der Waals surface area contributed by atoms with Gasteiger partial charge in [-0.2, -0.15) is 0 Å². The molecule has 8 heteroatoms. The molecule has 2 aromatic carbocycles. The van der Waals surface area contributed by atoms with Gasteiger partial charge < -0.3 is 31.1 Å². The van der Waals surface area contributed by atoms with Crippen molar-refractivity contribution in [1.29, 1.82) is 0 Å². The first-order valence-corrected chi connectivity index (χ1v) is 22.5. The van der Waals surface area contributed by atoms with E-state index >= 15 is 0 Å². The van der Waals surface area contributed by atoms with Crippen LogP contribution in [0.25, 0.3) is 0 Å². The Morgan fingerprint density at radius 1 is 0.983 bits per heavy atom. The summed E-state index contributed by atoms with van der Waals surface area (Å²) in [6.07, 6.45) is 7.14. The molecule has 0 bridgehead atoms. The van der Waals surface area contributed by atoms with Crippen LogP contribution in [0.15, 0.2) is 53.6 Å². The lowest BCUT2D eigenvalue weighted by Gasteiger charge is -2.69. The van der Waals surface area contributed by atoms with E-state index in [4.69, 9.17) is 10.5 Å². The van der Waals surface area contributed by atoms with Gasteiger partial charge >= 0.3 is 0 Å². The van der Waals surface area contributed by atoms with Gasteiger partial charge in [-0.1, -0.05) is 78.2 Å². The maximum Gasteiger partial charge on any atom is 0.160 e. The van der Waals surface area contributed by atoms with E-state index in [1.807, 2.05) is 33.0 Å². The lowest BCUT2D eigenvalue weighted by Crippen LogP contribution is -2.67. The highest BCUT2D eigenvalue weighted by Gasteiger charge is 2.71. The molecule has 8 nitrogen and oxygen atoms in total. The molecule has 0 spiro atoms. The molecular weight excluding hydrogens is 725 g/mol. The zero-order valence-corrected chi connectivity index (χ0v) is 36.4. The number of carbonyl (C=O) groups excluding carboxylic acids is 2. The molecule has 6 aliphatic rings. The van der Waals surface area contributed by atoms with E-state index < -0.39 is 34.6 Å². The van der Waals surface area contributed by atoms with Crippen molar-refractivity contribution in [3.63, 3.8) is 0 Å². The molecule has 1 aliphatic heterocycles. The first-order chi connectivity index (χ1) is 27.3. The second-order valence-electron chi connectivity index (χ2n) is 21.2. The number of epoxide rings is 1. The Morgan fingerprint density at radius 3 is 2.45 bits per heavy atom. The van der Waals surface area contributed by atoms with E-state index in [0.29, 0.717) is 44.1 Å². The number of phenols is 1. The van der Waals surface area contributed by atoms with Crippen molar-refractivity contribution in [2.75, 3.05) is 12.8 Å². The zero-order valence-electron chi connectivity index (χ0n) is 36.4. The number of aliphatic hydroxyl groups is 2. The average Bonchev–Trinajstić information content (AvgIpc) is 3.45. The molecule has 1 saturated heterocycles. The van der Waals surface area contributed by atoms with Gasteiger partial charge in [-0.05, 0) is 146 Å². The number of allylic oxidation sites excluding steroid dienone is 2. The molecule has 0 radical (unpaired) electrons. The van der Waals surface area contributed by atoms with Crippen LogP contribution in [0.5, 0.6) is 5.75 Å². The van der Waals surface area contributed by atoms with Crippen LogP contribution in [-0.2, 0) is 20.9 Å². The van der Waals surface area contributed by atoms with Crippen LogP contribution in [0.4, 0.5) is 5.69 Å². The number of nitrogens with one attached hydrogen (secondary N) is 1. The summed E-state index contributed by atoms with van der Waals surface area (Å²) in [6.45, 7) is 15.9. The zero-order chi connectivity index (χ0) is 41.7. The maximum atomic E-state index is 14.6. The number of phenolic OH excluding ortho intramolecular Hbond substituents is 1. The number of nitrogens with two attached hydrogens (primary N) is 1. The third kappa shape index (κ3) is 6.27. The van der Waals surface area contributed by atoms with Crippen molar-refractivity contribution < 1.29 is 29.6 Å². The van der Waals surface area contributed by atoms with Crippen molar-refractivity contribution in [2.24, 2.45) is 45.3 Å². The second-order valence-corrected chi connectivity index (χ2v) is 21.2. The number of anilines is 1. The van der Waals surface area contributed by atoms with Gasteiger partial charge in [-0.3, -0.25) is 9.59 Å². The molecule has 6 N–H and O–H groups in total. The first-order valence-electron chi connectivity index (χ1n) is 22.5. The summed E-state index contributed by atoms with van der Waals surface area (Å²) >= 11 is 0. The summed E-state index contributed by atoms with van der Waals surface area (Å²) in [7, 11) is 1.87. The van der Waals surface area contributed by atoms with Crippen molar-refractivity contribution in [3.05, 3.63) is 70.3 Å². The molecule has 4 saturated carbocycles. The molecule has 8 rings (SSSR count). The molecule has 58 heavy (non-hydrogen) atoms. The predicted molar refractivity (Wildman–Crippen MR) is 228 cm³/mol. The van der Waals surface area contributed by atoms with Gasteiger partial charge in [0.15, 0.2) is 5.78 Å². The number of nitrogen functional groups attached to an aromatic ring is 1. The molecule has 1 heterocycles. The Kier molecular flexibility index (Phi) is 10.5. The van der Waals surface area contributed by atoms with E-state index in [1.54, 1.807) is 12.1 Å². The summed E-state index contributed by atoms with van der Waals surface area (Å²) in [6, 6.07) is 13.8. The fourth-order valence-corrected chi connectivity index (χ4v) is 15.2. The number of hydrogen-bond donors (Lipinski definition) is 5. The van der Waals surface area contributed by atoms with E-state index in [2.05, 4.69) is 58.1 Å². The summed E-state index contributed by atoms with van der Waals surface area (Å²) < 4.78 is 6.53. The van der Waals surface area contributed by atoms with E-state index in [9.17, 15) is 24.9 Å². The number of ketones is 2. The van der Waals surface area contributed by atoms with Crippen LogP contribution in [0.3, 0.4) is 0 Å². The van der Waals surface area contributed by atoms with Crippen molar-refractivity contribution in [3.8, 4) is 5.75 Å². The molecule has 0 amide bonds. The van der Waals surface area contributed by atoms with Crippen LogP contribution >= 0.6 is 0 Å². The molecule has 5 aliphatic carbocycles. The Hall–Kier alpha value is -3.04. The Labute approximate surface area is 346 Å². The minimum Gasteiger partial charge on any atom is -0.508 e. The number of benzene rings is 2. The minimum absolute atomic E-state index is 0.0590. The quantitative estimate of drug-likeness (QED) is 0.112. The third-order valence-corrected chi connectivity index (χ3v) is 17.6. The van der Waals surface area contributed by atoms with Crippen LogP contribution in [-0.4, -0.2) is 57.8 Å². The fraction of sp³-hybridized carbons (Fsp3) is 0.680. The average molecular weight is 795 g/mol. The molecule has 13 atom stereocenters. The maximum absolute atomic E-state index is 14.6. The molecule has 2 aromatic rings. The second kappa shape index (κ2) is 14.6. The van der Waals surface area contributed by atoms with E-state index in [-0.39, 0.29) is 52.0 Å². The number of aliphatic hydroxyl groups excluding tert-OH is 2. The van der Waals surface area contributed by atoms with Gasteiger partial charge in [0.25, 0.3) is 0 Å². The summed E-state index contributed by atoms with van der Waals surface area (Å²) in [5, 5.41) is 38.4. The van der Waals surface area contributed by atoms with Gasteiger partial charge in [-0.25, -0.2) is 0 Å². The van der Waals surface area contributed by atoms with Gasteiger partial charge in [0.2, 0.25) is 0 Å². The van der Waals surface area contributed by atoms with Gasteiger partial charge in [0, 0.05) is 41.3 Å². The van der Waals surface area contributed by atoms with Crippen molar-refractivity contribution in [1.82, 2.24) is 5.32 Å². The van der Waals surface area contributed by atoms with Gasteiger partial charge in [0.05, 0.1) is 17.8 Å². The molecular formula is C50H70N2O6. The van der Waals surface area contributed by atoms with Gasteiger partial charge in [0.1, 0.15) is 17.6 Å². The van der Waals surface area contributed by atoms with Gasteiger partial charge in [-0.15, -0.1) is 0 Å². The molecule has 0 unspecified atom stereocenters.